The summed E-state index contributed by atoms with van der Waals surface area (Å²) >= 11 is 2.54. The van der Waals surface area contributed by atoms with Crippen LogP contribution in [0, 0.1) is 13.8 Å². The van der Waals surface area contributed by atoms with Gasteiger partial charge < -0.3 is 0 Å². The molecule has 33 heavy (non-hydrogen) atoms. The molecule has 9 heteroatoms. The van der Waals surface area contributed by atoms with E-state index in [0.29, 0.717) is 37.6 Å². The van der Waals surface area contributed by atoms with Gasteiger partial charge in [-0.05, 0) is 56.8 Å². The fourth-order valence-corrected chi connectivity index (χ4v) is 5.62. The SMILES string of the molecule is CC1=NN(c2ccccc2)C(=O)/C1=C1/SC(C(=O)c2sc(C)nc2C)=NN1c1ccccc1. The van der Waals surface area contributed by atoms with Crippen molar-refractivity contribution in [2.45, 2.75) is 20.8 Å². The fraction of sp³-hybridized carbons (Fsp3) is 0.125. The lowest BCUT2D eigenvalue weighted by atomic mass is 10.2. The third-order valence-electron chi connectivity index (χ3n) is 5.11. The van der Waals surface area contributed by atoms with E-state index < -0.39 is 0 Å². The molecule has 0 spiro atoms. The lowest BCUT2D eigenvalue weighted by Crippen LogP contribution is -2.24. The first-order chi connectivity index (χ1) is 15.9. The highest BCUT2D eigenvalue weighted by molar-refractivity contribution is 8.19. The molecule has 0 saturated carbocycles. The Bertz CT molecular complexity index is 1360. The van der Waals surface area contributed by atoms with Gasteiger partial charge in [0.05, 0.1) is 33.4 Å². The number of thioether (sulfide) groups is 1. The van der Waals surface area contributed by atoms with Gasteiger partial charge in [0.2, 0.25) is 5.78 Å². The van der Waals surface area contributed by atoms with Crippen molar-refractivity contribution in [3.63, 3.8) is 0 Å². The summed E-state index contributed by atoms with van der Waals surface area (Å²) in [6, 6.07) is 18.7. The molecule has 0 unspecified atom stereocenters. The normalized spacial score (nSPS) is 18.1. The van der Waals surface area contributed by atoms with E-state index in [2.05, 4.69) is 15.2 Å². The molecule has 0 radical (unpaired) electrons. The van der Waals surface area contributed by atoms with Crippen molar-refractivity contribution in [3.05, 3.63) is 86.8 Å². The summed E-state index contributed by atoms with van der Waals surface area (Å²) in [6.45, 7) is 5.49. The number of anilines is 2. The van der Waals surface area contributed by atoms with Crippen LogP contribution < -0.4 is 10.0 Å². The summed E-state index contributed by atoms with van der Waals surface area (Å²) in [5.74, 6) is -0.449. The number of carbonyl (C=O) groups is 2. The molecule has 2 aromatic carbocycles. The Morgan fingerprint density at radius 3 is 2.03 bits per heavy atom. The standard InChI is InChI=1S/C24H19N5O2S2/c1-14-19(23(31)28(26-14)17-10-6-4-7-11-17)24-29(18-12-8-5-9-13-18)27-22(33-24)20(30)21-15(2)25-16(3)32-21/h4-13H,1-3H3/b24-19+. The number of Topliss-reactive ketones (excluding diaryl/α,β-unsaturated/α-hetero) is 1. The van der Waals surface area contributed by atoms with Gasteiger partial charge in [0.1, 0.15) is 9.91 Å². The van der Waals surface area contributed by atoms with Crippen LogP contribution in [0.3, 0.4) is 0 Å². The van der Waals surface area contributed by atoms with Crippen molar-refractivity contribution in [3.8, 4) is 0 Å². The number of hydrogen-bond donors (Lipinski definition) is 0. The molecule has 0 bridgehead atoms. The molecule has 2 aliphatic rings. The van der Waals surface area contributed by atoms with Gasteiger partial charge >= 0.3 is 0 Å². The monoisotopic (exact) mass is 473 g/mol. The first-order valence-electron chi connectivity index (χ1n) is 10.2. The molecule has 2 aliphatic heterocycles. The summed E-state index contributed by atoms with van der Waals surface area (Å²) in [5, 5.41) is 13.9. The second kappa shape index (κ2) is 8.42. The highest BCUT2D eigenvalue weighted by Crippen LogP contribution is 2.40. The topological polar surface area (TPSA) is 78.2 Å². The molecule has 3 heterocycles. The summed E-state index contributed by atoms with van der Waals surface area (Å²) in [6.07, 6.45) is 0. The van der Waals surface area contributed by atoms with Gasteiger partial charge in [-0.2, -0.15) is 15.2 Å². The van der Waals surface area contributed by atoms with Crippen molar-refractivity contribution in [2.75, 3.05) is 10.0 Å². The molecule has 1 aromatic heterocycles. The molecule has 0 atom stereocenters. The average molecular weight is 474 g/mol. The minimum absolute atomic E-state index is 0.195. The second-order valence-corrected chi connectivity index (χ2v) is 9.63. The van der Waals surface area contributed by atoms with Gasteiger partial charge in [0.25, 0.3) is 5.91 Å². The van der Waals surface area contributed by atoms with Crippen LogP contribution in [-0.2, 0) is 4.79 Å². The number of hydrogen-bond acceptors (Lipinski definition) is 8. The minimum Gasteiger partial charge on any atom is -0.285 e. The van der Waals surface area contributed by atoms with E-state index in [1.54, 1.807) is 11.9 Å². The summed E-state index contributed by atoms with van der Waals surface area (Å²) in [7, 11) is 0. The summed E-state index contributed by atoms with van der Waals surface area (Å²) in [5.41, 5.74) is 3.12. The third kappa shape index (κ3) is 3.79. The van der Waals surface area contributed by atoms with E-state index in [9.17, 15) is 9.59 Å². The van der Waals surface area contributed by atoms with E-state index in [4.69, 9.17) is 0 Å². The second-order valence-electron chi connectivity index (χ2n) is 7.45. The van der Waals surface area contributed by atoms with Gasteiger partial charge in [-0.3, -0.25) is 9.59 Å². The Morgan fingerprint density at radius 2 is 1.45 bits per heavy atom. The molecule has 164 valence electrons. The van der Waals surface area contributed by atoms with Gasteiger partial charge in [-0.1, -0.05) is 36.4 Å². The molecule has 0 saturated heterocycles. The van der Waals surface area contributed by atoms with Gasteiger partial charge in [-0.15, -0.1) is 11.3 Å². The summed E-state index contributed by atoms with van der Waals surface area (Å²) in [4.78, 5) is 31.7. The van der Waals surface area contributed by atoms with E-state index in [-0.39, 0.29) is 11.7 Å². The predicted molar refractivity (Wildman–Crippen MR) is 134 cm³/mol. The first-order valence-corrected chi connectivity index (χ1v) is 11.9. The van der Waals surface area contributed by atoms with Crippen molar-refractivity contribution < 1.29 is 9.59 Å². The predicted octanol–water partition coefficient (Wildman–Crippen LogP) is 5.14. The first kappa shape index (κ1) is 21.3. The molecule has 0 fully saturated rings. The number of benzene rings is 2. The average Bonchev–Trinajstić information content (AvgIpc) is 3.49. The summed E-state index contributed by atoms with van der Waals surface area (Å²) < 4.78 is 0. The molecule has 5 rings (SSSR count). The van der Waals surface area contributed by atoms with Crippen molar-refractivity contribution in [1.29, 1.82) is 0 Å². The highest BCUT2D eigenvalue weighted by atomic mass is 32.2. The number of amides is 1. The van der Waals surface area contributed by atoms with Crippen LogP contribution in [0.25, 0.3) is 0 Å². The van der Waals surface area contributed by atoms with E-state index >= 15 is 0 Å². The molecular weight excluding hydrogens is 454 g/mol. The number of carbonyl (C=O) groups excluding carboxylic acids is 2. The quantitative estimate of drug-likeness (QED) is 0.387. The Morgan fingerprint density at radius 1 is 0.848 bits per heavy atom. The lowest BCUT2D eigenvalue weighted by molar-refractivity contribution is -0.114. The smallest absolute Gasteiger partial charge is 0.283 e. The Balaban J connectivity index is 1.59. The maximum absolute atomic E-state index is 13.5. The zero-order valence-corrected chi connectivity index (χ0v) is 19.8. The van der Waals surface area contributed by atoms with E-state index in [1.165, 1.54) is 28.1 Å². The number of para-hydroxylation sites is 2. The van der Waals surface area contributed by atoms with Gasteiger partial charge in [0.15, 0.2) is 5.04 Å². The number of aromatic nitrogens is 1. The molecule has 0 N–H and O–H groups in total. The van der Waals surface area contributed by atoms with E-state index in [0.717, 1.165) is 10.7 Å². The van der Waals surface area contributed by atoms with Crippen molar-refractivity contribution in [2.24, 2.45) is 10.2 Å². The molecule has 3 aromatic rings. The third-order valence-corrected chi connectivity index (χ3v) is 7.22. The van der Waals surface area contributed by atoms with Crippen LogP contribution in [0.1, 0.15) is 27.3 Å². The molecule has 1 amide bonds. The minimum atomic E-state index is -0.254. The number of ketones is 1. The zero-order chi connectivity index (χ0) is 23.1. The van der Waals surface area contributed by atoms with Crippen molar-refractivity contribution >= 4 is 56.9 Å². The number of rotatable bonds is 4. The molecular formula is C24H19N5O2S2. The maximum Gasteiger partial charge on any atom is 0.283 e. The number of aryl methyl sites for hydroxylation is 2. The van der Waals surface area contributed by atoms with Crippen LogP contribution in [0.15, 0.2) is 81.5 Å². The maximum atomic E-state index is 13.5. The van der Waals surface area contributed by atoms with Gasteiger partial charge in [0, 0.05) is 0 Å². The van der Waals surface area contributed by atoms with Crippen LogP contribution >= 0.6 is 23.1 Å². The highest BCUT2D eigenvalue weighted by Gasteiger charge is 2.39. The Labute approximate surface area is 199 Å². The largest absolute Gasteiger partial charge is 0.285 e. The number of thiazole rings is 1. The van der Waals surface area contributed by atoms with Crippen LogP contribution in [-0.4, -0.2) is 27.4 Å². The van der Waals surface area contributed by atoms with E-state index in [1.807, 2.05) is 74.5 Å². The Kier molecular flexibility index (Phi) is 5.43. The number of hydrazone groups is 2. The molecule has 7 nitrogen and oxygen atoms in total. The fourth-order valence-electron chi connectivity index (χ4n) is 3.62. The van der Waals surface area contributed by atoms with Crippen molar-refractivity contribution in [1.82, 2.24) is 4.98 Å². The number of nitrogens with zero attached hydrogens (tertiary/aromatic N) is 5. The Hall–Kier alpha value is -3.56. The van der Waals surface area contributed by atoms with Crippen LogP contribution in [0.4, 0.5) is 11.4 Å². The zero-order valence-electron chi connectivity index (χ0n) is 18.1. The van der Waals surface area contributed by atoms with Crippen LogP contribution in [0.2, 0.25) is 0 Å². The lowest BCUT2D eigenvalue weighted by Gasteiger charge is -2.17. The molecule has 0 aliphatic carbocycles. The van der Waals surface area contributed by atoms with Gasteiger partial charge in [-0.25, -0.2) is 9.99 Å². The van der Waals surface area contributed by atoms with Crippen LogP contribution in [0.5, 0.6) is 0 Å².